The molecule has 1 aromatic rings. The smallest absolute Gasteiger partial charge is 0.306 e. The zero-order valence-electron chi connectivity index (χ0n) is 12.1. The fraction of sp³-hybridized carbons (Fsp3) is 0.643. The van der Waals surface area contributed by atoms with E-state index >= 15 is 0 Å². The van der Waals surface area contributed by atoms with Crippen LogP contribution in [0.25, 0.3) is 0 Å². The second-order valence-electron chi connectivity index (χ2n) is 6.31. The Morgan fingerprint density at radius 2 is 2.15 bits per heavy atom. The van der Waals surface area contributed by atoms with Crippen LogP contribution in [0.1, 0.15) is 40.0 Å². The van der Waals surface area contributed by atoms with Gasteiger partial charge in [0.25, 0.3) is 5.56 Å². The quantitative estimate of drug-likeness (QED) is 0.879. The summed E-state index contributed by atoms with van der Waals surface area (Å²) >= 11 is 0. The van der Waals surface area contributed by atoms with E-state index in [0.29, 0.717) is 18.7 Å². The second-order valence-corrected chi connectivity index (χ2v) is 6.31. The lowest BCUT2D eigenvalue weighted by molar-refractivity contribution is -0.141. The van der Waals surface area contributed by atoms with Crippen molar-refractivity contribution in [2.45, 2.75) is 51.6 Å². The lowest BCUT2D eigenvalue weighted by atomic mass is 10.1. The summed E-state index contributed by atoms with van der Waals surface area (Å²) in [5.74, 6) is -0.776. The number of aromatic nitrogens is 2. The average Bonchev–Trinajstić information content (AvgIpc) is 2.79. The maximum absolute atomic E-state index is 12.3. The molecule has 6 heteroatoms. The molecule has 0 radical (unpaired) electrons. The first-order valence-corrected chi connectivity index (χ1v) is 6.86. The van der Waals surface area contributed by atoms with E-state index in [4.69, 9.17) is 5.11 Å². The first kappa shape index (κ1) is 14.6. The molecule has 1 heterocycles. The molecular formula is C14H21N3O3. The monoisotopic (exact) mass is 279 g/mol. The Bertz CT molecular complexity index is 560. The van der Waals surface area contributed by atoms with E-state index in [1.165, 1.54) is 0 Å². The Labute approximate surface area is 117 Å². The third kappa shape index (κ3) is 3.00. The molecular weight excluding hydrogens is 258 g/mol. The molecule has 6 nitrogen and oxygen atoms in total. The molecule has 0 unspecified atom stereocenters. The number of nitrogens with zero attached hydrogens (tertiary/aromatic N) is 2. The molecule has 0 saturated heterocycles. The summed E-state index contributed by atoms with van der Waals surface area (Å²) in [5, 5.41) is 12.1. The van der Waals surface area contributed by atoms with Gasteiger partial charge in [-0.3, -0.25) is 9.59 Å². The van der Waals surface area contributed by atoms with Crippen LogP contribution < -0.4 is 10.9 Å². The number of anilines is 1. The van der Waals surface area contributed by atoms with Crippen molar-refractivity contribution in [1.29, 1.82) is 0 Å². The van der Waals surface area contributed by atoms with Gasteiger partial charge in [-0.15, -0.1) is 0 Å². The van der Waals surface area contributed by atoms with Gasteiger partial charge in [-0.25, -0.2) is 4.98 Å². The molecule has 2 atom stereocenters. The largest absolute Gasteiger partial charge is 0.481 e. The minimum absolute atomic E-state index is 0.00659. The van der Waals surface area contributed by atoms with Gasteiger partial charge in [0.2, 0.25) is 0 Å². The van der Waals surface area contributed by atoms with E-state index in [2.05, 4.69) is 10.3 Å². The van der Waals surface area contributed by atoms with E-state index in [0.717, 1.165) is 6.42 Å². The fourth-order valence-electron chi connectivity index (χ4n) is 2.57. The van der Waals surface area contributed by atoms with Crippen molar-refractivity contribution in [3.63, 3.8) is 0 Å². The molecule has 2 rings (SSSR count). The molecule has 0 aromatic carbocycles. The average molecular weight is 279 g/mol. The van der Waals surface area contributed by atoms with Crippen LogP contribution in [0.5, 0.6) is 0 Å². The summed E-state index contributed by atoms with van der Waals surface area (Å²) in [6.07, 6.45) is 5.21. The molecule has 1 aromatic heterocycles. The third-order valence-corrected chi connectivity index (χ3v) is 3.69. The topological polar surface area (TPSA) is 84.2 Å². The maximum atomic E-state index is 12.3. The summed E-state index contributed by atoms with van der Waals surface area (Å²) in [7, 11) is 0. The molecule has 1 aliphatic rings. The van der Waals surface area contributed by atoms with Gasteiger partial charge >= 0.3 is 5.97 Å². The van der Waals surface area contributed by atoms with E-state index < -0.39 is 5.97 Å². The zero-order valence-corrected chi connectivity index (χ0v) is 12.1. The summed E-state index contributed by atoms with van der Waals surface area (Å²) in [4.78, 5) is 27.4. The van der Waals surface area contributed by atoms with Crippen LogP contribution in [0.15, 0.2) is 17.2 Å². The lowest BCUT2D eigenvalue weighted by Crippen LogP contribution is -2.36. The standard InChI is InChI=1S/C14H21N3O3/c1-14(2,3)17-7-6-15-11(12(17)18)16-10-5-4-9(8-10)13(19)20/h6-7,9-10H,4-5,8H2,1-3H3,(H,15,16)(H,19,20)/t9-,10+/m1/s1. The van der Waals surface area contributed by atoms with Gasteiger partial charge < -0.3 is 15.0 Å². The number of nitrogens with one attached hydrogen (secondary N) is 1. The first-order chi connectivity index (χ1) is 9.29. The van der Waals surface area contributed by atoms with Crippen molar-refractivity contribution in [3.8, 4) is 0 Å². The Kier molecular flexibility index (Phi) is 3.83. The highest BCUT2D eigenvalue weighted by atomic mass is 16.4. The second kappa shape index (κ2) is 5.26. The Hall–Kier alpha value is -1.85. The Morgan fingerprint density at radius 3 is 2.70 bits per heavy atom. The Morgan fingerprint density at radius 1 is 1.45 bits per heavy atom. The van der Waals surface area contributed by atoms with Gasteiger partial charge in [0.05, 0.1) is 5.92 Å². The van der Waals surface area contributed by atoms with Crippen molar-refractivity contribution in [1.82, 2.24) is 9.55 Å². The van der Waals surface area contributed by atoms with Gasteiger partial charge in [0, 0.05) is 24.0 Å². The fourth-order valence-corrected chi connectivity index (χ4v) is 2.57. The molecule has 1 fully saturated rings. The molecule has 110 valence electrons. The SMILES string of the molecule is CC(C)(C)n1ccnc(N[C@H]2CC[C@@H](C(=O)O)C2)c1=O. The summed E-state index contributed by atoms with van der Waals surface area (Å²) in [6, 6.07) is 0.00659. The molecule has 1 saturated carbocycles. The van der Waals surface area contributed by atoms with Crippen LogP contribution >= 0.6 is 0 Å². The number of hydrogen-bond acceptors (Lipinski definition) is 4. The number of carboxylic acids is 1. The third-order valence-electron chi connectivity index (χ3n) is 3.69. The lowest BCUT2D eigenvalue weighted by Gasteiger charge is -2.23. The number of carbonyl (C=O) groups is 1. The molecule has 0 spiro atoms. The predicted molar refractivity (Wildman–Crippen MR) is 75.9 cm³/mol. The number of aliphatic carboxylic acids is 1. The number of hydrogen-bond donors (Lipinski definition) is 2. The van der Waals surface area contributed by atoms with Gasteiger partial charge in [0.1, 0.15) is 0 Å². The van der Waals surface area contributed by atoms with Gasteiger partial charge in [-0.05, 0) is 40.0 Å². The maximum Gasteiger partial charge on any atom is 0.306 e. The predicted octanol–water partition coefficient (Wildman–Crippen LogP) is 1.66. The van der Waals surface area contributed by atoms with Crippen molar-refractivity contribution < 1.29 is 9.90 Å². The van der Waals surface area contributed by atoms with Crippen LogP contribution in [0.2, 0.25) is 0 Å². The van der Waals surface area contributed by atoms with Crippen molar-refractivity contribution >= 4 is 11.8 Å². The van der Waals surface area contributed by atoms with Crippen molar-refractivity contribution in [2.75, 3.05) is 5.32 Å². The molecule has 1 aliphatic carbocycles. The summed E-state index contributed by atoms with van der Waals surface area (Å²) in [6.45, 7) is 5.86. The number of carboxylic acid groups (broad SMARTS) is 1. The molecule has 0 bridgehead atoms. The molecule has 0 aliphatic heterocycles. The van der Waals surface area contributed by atoms with Gasteiger partial charge in [-0.1, -0.05) is 0 Å². The summed E-state index contributed by atoms with van der Waals surface area (Å²) < 4.78 is 1.63. The van der Waals surface area contributed by atoms with E-state index in [1.807, 2.05) is 20.8 Å². The van der Waals surface area contributed by atoms with Crippen LogP contribution in [0.3, 0.4) is 0 Å². The highest BCUT2D eigenvalue weighted by Crippen LogP contribution is 2.27. The van der Waals surface area contributed by atoms with Crippen molar-refractivity contribution in [2.24, 2.45) is 5.92 Å². The van der Waals surface area contributed by atoms with Crippen LogP contribution in [0, 0.1) is 5.92 Å². The normalized spacial score (nSPS) is 22.8. The van der Waals surface area contributed by atoms with Crippen LogP contribution in [0.4, 0.5) is 5.82 Å². The highest BCUT2D eigenvalue weighted by Gasteiger charge is 2.30. The van der Waals surface area contributed by atoms with Crippen LogP contribution in [-0.2, 0) is 10.3 Å². The molecule has 20 heavy (non-hydrogen) atoms. The molecule has 0 amide bonds. The minimum atomic E-state index is -0.762. The van der Waals surface area contributed by atoms with E-state index in [9.17, 15) is 9.59 Å². The minimum Gasteiger partial charge on any atom is -0.481 e. The highest BCUT2D eigenvalue weighted by molar-refractivity contribution is 5.70. The van der Waals surface area contributed by atoms with E-state index in [1.54, 1.807) is 17.0 Å². The zero-order chi connectivity index (χ0) is 14.9. The molecule has 2 N–H and O–H groups in total. The van der Waals surface area contributed by atoms with Gasteiger partial charge in [0.15, 0.2) is 5.82 Å². The summed E-state index contributed by atoms with van der Waals surface area (Å²) in [5.41, 5.74) is -0.478. The van der Waals surface area contributed by atoms with Crippen molar-refractivity contribution in [3.05, 3.63) is 22.7 Å². The Balaban J connectivity index is 2.16. The van der Waals surface area contributed by atoms with E-state index in [-0.39, 0.29) is 23.1 Å². The van der Waals surface area contributed by atoms with Crippen LogP contribution in [-0.4, -0.2) is 26.7 Å². The first-order valence-electron chi connectivity index (χ1n) is 6.86. The van der Waals surface area contributed by atoms with Gasteiger partial charge in [-0.2, -0.15) is 0 Å². The number of rotatable bonds is 3.